The number of hydrogen-bond donors (Lipinski definition) is 1. The van der Waals surface area contributed by atoms with Gasteiger partial charge in [0.1, 0.15) is 5.82 Å². The van der Waals surface area contributed by atoms with Crippen LogP contribution in [-0.4, -0.2) is 6.54 Å². The summed E-state index contributed by atoms with van der Waals surface area (Å²) in [4.78, 5) is 0. The van der Waals surface area contributed by atoms with E-state index in [1.165, 1.54) is 17.2 Å². The van der Waals surface area contributed by atoms with Crippen LogP contribution in [0.15, 0.2) is 42.5 Å². The van der Waals surface area contributed by atoms with Crippen molar-refractivity contribution in [2.24, 2.45) is 5.73 Å². The molecule has 16 heavy (non-hydrogen) atoms. The third-order valence-electron chi connectivity index (χ3n) is 3.25. The first-order chi connectivity index (χ1) is 7.81. The van der Waals surface area contributed by atoms with E-state index in [0.29, 0.717) is 6.54 Å². The minimum atomic E-state index is -0.190. The number of fused-ring (bicyclic) bond motifs is 3. The van der Waals surface area contributed by atoms with Gasteiger partial charge in [-0.25, -0.2) is 4.39 Å². The predicted octanol–water partition coefficient (Wildman–Crippen LogP) is 2.90. The second kappa shape index (κ2) is 3.42. The molecule has 0 spiro atoms. The molecule has 2 heteroatoms. The highest BCUT2D eigenvalue weighted by molar-refractivity contribution is 5.78. The molecule has 1 unspecified atom stereocenters. The first kappa shape index (κ1) is 9.55. The van der Waals surface area contributed by atoms with E-state index in [-0.39, 0.29) is 11.7 Å². The van der Waals surface area contributed by atoms with Crippen LogP contribution in [0.4, 0.5) is 4.39 Å². The quantitative estimate of drug-likeness (QED) is 0.774. The average Bonchev–Trinajstić information content (AvgIpc) is 2.61. The molecular formula is C14H12FN. The van der Waals surface area contributed by atoms with Gasteiger partial charge in [0.2, 0.25) is 0 Å². The highest BCUT2D eigenvalue weighted by atomic mass is 19.1. The van der Waals surface area contributed by atoms with Crippen LogP contribution in [0.2, 0.25) is 0 Å². The lowest BCUT2D eigenvalue weighted by atomic mass is 9.97. The second-order valence-corrected chi connectivity index (χ2v) is 4.11. The minimum Gasteiger partial charge on any atom is -0.330 e. The molecule has 3 rings (SSSR count). The maximum atomic E-state index is 13.3. The zero-order valence-corrected chi connectivity index (χ0v) is 8.78. The van der Waals surface area contributed by atoms with Crippen molar-refractivity contribution in [2.45, 2.75) is 5.92 Å². The zero-order chi connectivity index (χ0) is 11.1. The van der Waals surface area contributed by atoms with Crippen molar-refractivity contribution in [1.82, 2.24) is 0 Å². The molecule has 0 aromatic heterocycles. The predicted molar refractivity (Wildman–Crippen MR) is 62.7 cm³/mol. The summed E-state index contributed by atoms with van der Waals surface area (Å²) in [5.74, 6) is -0.0492. The average molecular weight is 213 g/mol. The molecule has 2 N–H and O–H groups in total. The molecule has 0 saturated heterocycles. The summed E-state index contributed by atoms with van der Waals surface area (Å²) < 4.78 is 13.3. The fourth-order valence-corrected chi connectivity index (χ4v) is 2.53. The fraction of sp³-hybridized carbons (Fsp3) is 0.143. The van der Waals surface area contributed by atoms with Crippen molar-refractivity contribution in [3.05, 3.63) is 59.4 Å². The number of rotatable bonds is 1. The molecule has 1 atom stereocenters. The van der Waals surface area contributed by atoms with Crippen molar-refractivity contribution in [2.75, 3.05) is 6.54 Å². The number of nitrogens with two attached hydrogens (primary N) is 1. The Morgan fingerprint density at radius 2 is 1.75 bits per heavy atom. The molecule has 0 radical (unpaired) electrons. The van der Waals surface area contributed by atoms with Crippen LogP contribution in [0.25, 0.3) is 11.1 Å². The van der Waals surface area contributed by atoms with Crippen molar-refractivity contribution in [3.63, 3.8) is 0 Å². The summed E-state index contributed by atoms with van der Waals surface area (Å²) in [6.07, 6.45) is 0. The maximum absolute atomic E-state index is 13.3. The van der Waals surface area contributed by atoms with Gasteiger partial charge < -0.3 is 5.73 Å². The number of benzene rings is 2. The van der Waals surface area contributed by atoms with Crippen LogP contribution in [0.5, 0.6) is 0 Å². The SMILES string of the molecule is NCC1c2ccccc2-c2ccc(F)cc21. The Kier molecular flexibility index (Phi) is 2.04. The summed E-state index contributed by atoms with van der Waals surface area (Å²) in [5, 5.41) is 0. The molecule has 0 bridgehead atoms. The smallest absolute Gasteiger partial charge is 0.123 e. The van der Waals surface area contributed by atoms with E-state index in [1.54, 1.807) is 6.07 Å². The molecule has 1 aliphatic rings. The summed E-state index contributed by atoms with van der Waals surface area (Å²) in [6, 6.07) is 13.1. The van der Waals surface area contributed by atoms with E-state index < -0.39 is 0 Å². The second-order valence-electron chi connectivity index (χ2n) is 4.11. The van der Waals surface area contributed by atoms with Gasteiger partial charge >= 0.3 is 0 Å². The molecule has 2 aromatic rings. The first-order valence-corrected chi connectivity index (χ1v) is 5.40. The third-order valence-corrected chi connectivity index (χ3v) is 3.25. The fourth-order valence-electron chi connectivity index (χ4n) is 2.53. The molecule has 80 valence electrons. The summed E-state index contributed by atoms with van der Waals surface area (Å²) in [6.45, 7) is 0.521. The molecular weight excluding hydrogens is 201 g/mol. The highest BCUT2D eigenvalue weighted by Crippen LogP contribution is 2.44. The van der Waals surface area contributed by atoms with Gasteiger partial charge in [-0.15, -0.1) is 0 Å². The highest BCUT2D eigenvalue weighted by Gasteiger charge is 2.27. The number of halogens is 1. The molecule has 1 aliphatic carbocycles. The Balaban J connectivity index is 2.29. The van der Waals surface area contributed by atoms with Crippen molar-refractivity contribution in [3.8, 4) is 11.1 Å². The van der Waals surface area contributed by atoms with Crippen LogP contribution >= 0.6 is 0 Å². The standard InChI is InChI=1S/C14H12FN/c15-9-5-6-12-10-3-1-2-4-11(10)14(8-16)13(12)7-9/h1-7,14H,8,16H2. The number of hydrogen-bond acceptors (Lipinski definition) is 1. The molecule has 0 aliphatic heterocycles. The molecule has 0 heterocycles. The van der Waals surface area contributed by atoms with E-state index in [2.05, 4.69) is 12.1 Å². The van der Waals surface area contributed by atoms with Crippen molar-refractivity contribution < 1.29 is 4.39 Å². The molecule has 0 amide bonds. The van der Waals surface area contributed by atoms with Gasteiger partial charge in [0.25, 0.3) is 0 Å². The van der Waals surface area contributed by atoms with Gasteiger partial charge in [0.15, 0.2) is 0 Å². The van der Waals surface area contributed by atoms with Crippen molar-refractivity contribution >= 4 is 0 Å². The largest absolute Gasteiger partial charge is 0.330 e. The topological polar surface area (TPSA) is 26.0 Å². The Morgan fingerprint density at radius 3 is 2.56 bits per heavy atom. The molecule has 2 aromatic carbocycles. The Bertz CT molecular complexity index is 548. The van der Waals surface area contributed by atoms with Crippen LogP contribution in [0.1, 0.15) is 17.0 Å². The molecule has 1 nitrogen and oxygen atoms in total. The Hall–Kier alpha value is -1.67. The van der Waals surface area contributed by atoms with E-state index in [1.807, 2.05) is 18.2 Å². The minimum absolute atomic E-state index is 0.141. The molecule has 0 saturated carbocycles. The third kappa shape index (κ3) is 1.20. The van der Waals surface area contributed by atoms with Gasteiger partial charge in [-0.2, -0.15) is 0 Å². The summed E-state index contributed by atoms with van der Waals surface area (Å²) >= 11 is 0. The maximum Gasteiger partial charge on any atom is 0.123 e. The monoisotopic (exact) mass is 213 g/mol. The van der Waals surface area contributed by atoms with E-state index in [0.717, 1.165) is 11.1 Å². The van der Waals surface area contributed by atoms with Crippen LogP contribution in [0, 0.1) is 5.82 Å². The lowest BCUT2D eigenvalue weighted by molar-refractivity contribution is 0.624. The first-order valence-electron chi connectivity index (χ1n) is 5.40. The van der Waals surface area contributed by atoms with Crippen LogP contribution in [-0.2, 0) is 0 Å². The van der Waals surface area contributed by atoms with Gasteiger partial charge in [-0.05, 0) is 34.4 Å². The summed E-state index contributed by atoms with van der Waals surface area (Å²) in [7, 11) is 0. The van der Waals surface area contributed by atoms with Crippen LogP contribution in [0.3, 0.4) is 0 Å². The zero-order valence-electron chi connectivity index (χ0n) is 8.78. The van der Waals surface area contributed by atoms with Gasteiger partial charge in [0.05, 0.1) is 0 Å². The van der Waals surface area contributed by atoms with Gasteiger partial charge in [-0.3, -0.25) is 0 Å². The summed E-state index contributed by atoms with van der Waals surface area (Å²) in [5.41, 5.74) is 10.3. The van der Waals surface area contributed by atoms with Crippen molar-refractivity contribution in [1.29, 1.82) is 0 Å². The van der Waals surface area contributed by atoms with Gasteiger partial charge in [-0.1, -0.05) is 30.3 Å². The lowest BCUT2D eigenvalue weighted by Gasteiger charge is -2.09. The van der Waals surface area contributed by atoms with E-state index >= 15 is 0 Å². The van der Waals surface area contributed by atoms with Crippen LogP contribution < -0.4 is 5.73 Å². The lowest BCUT2D eigenvalue weighted by Crippen LogP contribution is -2.11. The normalized spacial score (nSPS) is 17.0. The van der Waals surface area contributed by atoms with E-state index in [9.17, 15) is 4.39 Å². The Labute approximate surface area is 93.7 Å². The van der Waals surface area contributed by atoms with Gasteiger partial charge in [0, 0.05) is 12.5 Å². The Morgan fingerprint density at radius 1 is 1.00 bits per heavy atom. The van der Waals surface area contributed by atoms with E-state index in [4.69, 9.17) is 5.73 Å². The molecule has 0 fully saturated rings.